The van der Waals surface area contributed by atoms with E-state index in [9.17, 15) is 10.1 Å². The Morgan fingerprint density at radius 3 is 2.64 bits per heavy atom. The molecule has 0 aliphatic carbocycles. The van der Waals surface area contributed by atoms with E-state index >= 15 is 0 Å². The number of rotatable bonds is 4. The lowest BCUT2D eigenvalue weighted by Crippen LogP contribution is -2.02. The van der Waals surface area contributed by atoms with Crippen molar-refractivity contribution >= 4 is 0 Å². The van der Waals surface area contributed by atoms with E-state index in [0.717, 1.165) is 0 Å². The van der Waals surface area contributed by atoms with Gasteiger partial charge in [-0.2, -0.15) is 0 Å². The van der Waals surface area contributed by atoms with Gasteiger partial charge in [0.1, 0.15) is 10.7 Å². The van der Waals surface area contributed by atoms with Crippen LogP contribution in [0.5, 0.6) is 0 Å². The van der Waals surface area contributed by atoms with Gasteiger partial charge in [-0.15, -0.1) is 0 Å². The fourth-order valence-electron chi connectivity index (χ4n) is 0.422. The Morgan fingerprint density at radius 1 is 1.82 bits per heavy atom. The predicted octanol–water partition coefficient (Wildman–Crippen LogP) is 2.06. The van der Waals surface area contributed by atoms with E-state index in [-0.39, 0.29) is 5.88 Å². The Balaban J connectivity index is 4.12. The minimum absolute atomic E-state index is 0.267. The van der Waals surface area contributed by atoms with Gasteiger partial charge >= 0.3 is 5.88 Å². The third kappa shape index (κ3) is 3.40. The maximum absolute atomic E-state index is 10.2. The molecule has 0 aromatic heterocycles. The van der Waals surface area contributed by atoms with E-state index in [4.69, 9.17) is 4.74 Å². The van der Waals surface area contributed by atoms with E-state index < -0.39 is 4.92 Å². The van der Waals surface area contributed by atoms with Crippen molar-refractivity contribution in [2.45, 2.75) is 20.3 Å². The molecule has 4 heteroatoms. The quantitative estimate of drug-likeness (QED) is 0.356. The van der Waals surface area contributed by atoms with Crippen LogP contribution in [-0.4, -0.2) is 4.92 Å². The molecule has 0 amide bonds. The van der Waals surface area contributed by atoms with Gasteiger partial charge in [-0.05, 0) is 6.92 Å². The number of hydrogen-bond acceptors (Lipinski definition) is 3. The summed E-state index contributed by atoms with van der Waals surface area (Å²) in [5, 5.41) is 10.2. The predicted molar refractivity (Wildman–Crippen MR) is 41.3 cm³/mol. The van der Waals surface area contributed by atoms with Gasteiger partial charge in [0.15, 0.2) is 0 Å². The fraction of sp³-hybridized carbons (Fsp3) is 0.429. The van der Waals surface area contributed by atoms with Crippen molar-refractivity contribution in [1.82, 2.24) is 0 Å². The molecule has 11 heavy (non-hydrogen) atoms. The van der Waals surface area contributed by atoms with Crippen LogP contribution in [0.2, 0.25) is 0 Å². The van der Waals surface area contributed by atoms with Gasteiger partial charge in [0.25, 0.3) is 0 Å². The highest BCUT2D eigenvalue weighted by Gasteiger charge is 2.10. The van der Waals surface area contributed by atoms with Crippen molar-refractivity contribution in [2.75, 3.05) is 0 Å². The van der Waals surface area contributed by atoms with Gasteiger partial charge in [-0.25, -0.2) is 0 Å². The van der Waals surface area contributed by atoms with E-state index in [2.05, 4.69) is 6.58 Å². The van der Waals surface area contributed by atoms with Gasteiger partial charge in [0, 0.05) is 12.5 Å². The first kappa shape index (κ1) is 9.68. The molecular formula is C7H11NO3. The van der Waals surface area contributed by atoms with Gasteiger partial charge in [0.2, 0.25) is 0 Å². The van der Waals surface area contributed by atoms with Crippen LogP contribution in [0.4, 0.5) is 0 Å². The SMILES string of the molecule is C=C(CC)O/C(=C\C)[N+](=O)[O-]. The first-order valence-corrected chi connectivity index (χ1v) is 3.28. The van der Waals surface area contributed by atoms with Crippen molar-refractivity contribution < 1.29 is 9.66 Å². The second kappa shape index (κ2) is 4.49. The third-order valence-corrected chi connectivity index (χ3v) is 1.07. The summed E-state index contributed by atoms with van der Waals surface area (Å²) >= 11 is 0. The van der Waals surface area contributed by atoms with Crippen molar-refractivity contribution in [2.24, 2.45) is 0 Å². The highest BCUT2D eigenvalue weighted by atomic mass is 16.7. The molecule has 0 aliphatic heterocycles. The lowest BCUT2D eigenvalue weighted by atomic mass is 10.4. The molecule has 0 heterocycles. The van der Waals surface area contributed by atoms with Crippen LogP contribution in [0, 0.1) is 10.1 Å². The largest absolute Gasteiger partial charge is 0.428 e. The zero-order chi connectivity index (χ0) is 8.85. The molecular weight excluding hydrogens is 146 g/mol. The van der Waals surface area contributed by atoms with Crippen LogP contribution < -0.4 is 0 Å². The second-order valence-corrected chi connectivity index (χ2v) is 1.88. The van der Waals surface area contributed by atoms with Crippen molar-refractivity contribution in [3.8, 4) is 0 Å². The maximum atomic E-state index is 10.2. The molecule has 0 unspecified atom stereocenters. The molecule has 0 bridgehead atoms. The van der Waals surface area contributed by atoms with Crippen molar-refractivity contribution in [1.29, 1.82) is 0 Å². The topological polar surface area (TPSA) is 52.4 Å². The first-order chi connectivity index (χ1) is 5.11. The first-order valence-electron chi connectivity index (χ1n) is 3.28. The van der Waals surface area contributed by atoms with E-state index in [1.165, 1.54) is 6.08 Å². The smallest absolute Gasteiger partial charge is 0.407 e. The molecule has 0 fully saturated rings. The fourth-order valence-corrected chi connectivity index (χ4v) is 0.422. The van der Waals surface area contributed by atoms with Gasteiger partial charge in [-0.1, -0.05) is 13.5 Å². The van der Waals surface area contributed by atoms with E-state index in [1.807, 2.05) is 6.92 Å². The number of hydrogen-bond donors (Lipinski definition) is 0. The summed E-state index contributed by atoms with van der Waals surface area (Å²) in [5.74, 6) is 0.131. The summed E-state index contributed by atoms with van der Waals surface area (Å²) < 4.78 is 4.78. The van der Waals surface area contributed by atoms with Crippen LogP contribution >= 0.6 is 0 Å². The molecule has 62 valence electrons. The maximum Gasteiger partial charge on any atom is 0.428 e. The van der Waals surface area contributed by atoms with Gasteiger partial charge < -0.3 is 4.74 Å². The number of ether oxygens (including phenoxy) is 1. The Hall–Kier alpha value is -1.32. The summed E-state index contributed by atoms with van der Waals surface area (Å²) in [6, 6.07) is 0. The summed E-state index contributed by atoms with van der Waals surface area (Å²) in [6.45, 7) is 6.83. The zero-order valence-corrected chi connectivity index (χ0v) is 6.66. The summed E-state index contributed by atoms with van der Waals surface area (Å²) in [6.07, 6.45) is 1.87. The number of allylic oxidation sites excluding steroid dienone is 2. The molecule has 0 spiro atoms. The van der Waals surface area contributed by atoms with Gasteiger partial charge in [0.05, 0.1) is 0 Å². The van der Waals surface area contributed by atoms with Gasteiger partial charge in [-0.3, -0.25) is 10.1 Å². The van der Waals surface area contributed by atoms with Crippen LogP contribution in [-0.2, 0) is 4.74 Å². The van der Waals surface area contributed by atoms with Crippen molar-refractivity contribution in [3.05, 3.63) is 34.4 Å². The second-order valence-electron chi connectivity index (χ2n) is 1.88. The summed E-state index contributed by atoms with van der Waals surface area (Å²) in [5.41, 5.74) is 0. The molecule has 0 aromatic carbocycles. The number of nitro groups is 1. The molecule has 0 saturated carbocycles. The van der Waals surface area contributed by atoms with Crippen LogP contribution in [0.3, 0.4) is 0 Å². The highest BCUT2D eigenvalue weighted by Crippen LogP contribution is 2.07. The summed E-state index contributed by atoms with van der Waals surface area (Å²) in [7, 11) is 0. The van der Waals surface area contributed by atoms with E-state index in [1.54, 1.807) is 6.92 Å². The van der Waals surface area contributed by atoms with Crippen molar-refractivity contribution in [3.63, 3.8) is 0 Å². The van der Waals surface area contributed by atoms with Crippen LogP contribution in [0.15, 0.2) is 24.3 Å². The molecule has 0 saturated heterocycles. The van der Waals surface area contributed by atoms with Crippen LogP contribution in [0.25, 0.3) is 0 Å². The Labute approximate surface area is 65.3 Å². The Bertz CT molecular complexity index is 196. The minimum Gasteiger partial charge on any atom is -0.407 e. The molecule has 0 N–H and O–H groups in total. The normalized spacial score (nSPS) is 10.9. The minimum atomic E-state index is -0.582. The highest BCUT2D eigenvalue weighted by molar-refractivity contribution is 4.89. The Morgan fingerprint density at radius 2 is 2.36 bits per heavy atom. The molecule has 4 nitrogen and oxygen atoms in total. The Kier molecular flexibility index (Phi) is 3.95. The molecule has 0 atom stereocenters. The third-order valence-electron chi connectivity index (χ3n) is 1.07. The zero-order valence-electron chi connectivity index (χ0n) is 6.66. The average molecular weight is 157 g/mol. The molecule has 0 aliphatic rings. The lowest BCUT2D eigenvalue weighted by molar-refractivity contribution is -0.460. The molecule has 0 aromatic rings. The molecule has 0 radical (unpaired) electrons. The average Bonchev–Trinajstić information content (AvgIpc) is 1.99. The number of nitrogens with zero attached hydrogens (tertiary/aromatic N) is 1. The monoisotopic (exact) mass is 157 g/mol. The summed E-state index contributed by atoms with van der Waals surface area (Å²) in [4.78, 5) is 9.57. The van der Waals surface area contributed by atoms with Crippen LogP contribution in [0.1, 0.15) is 20.3 Å². The standard InChI is InChI=1S/C7H11NO3/c1-4-6(3)11-7(5-2)8(9)10/h5H,3-4H2,1-2H3/b7-5-. The lowest BCUT2D eigenvalue weighted by Gasteiger charge is -2.01. The van der Waals surface area contributed by atoms with E-state index in [0.29, 0.717) is 12.2 Å². The molecule has 0 rings (SSSR count).